The van der Waals surface area contributed by atoms with Gasteiger partial charge in [0.15, 0.2) is 6.17 Å². The van der Waals surface area contributed by atoms with Crippen LogP contribution < -0.4 is 38.5 Å². The lowest BCUT2D eigenvalue weighted by Crippen LogP contribution is -2.60. The van der Waals surface area contributed by atoms with Crippen molar-refractivity contribution >= 4 is 41.2 Å². The lowest BCUT2D eigenvalue weighted by Gasteiger charge is -2.25. The molecule has 258 valence electrons. The molecule has 2 aromatic carbocycles. The Kier molecular flexibility index (Phi) is 16.9. The number of carboxylic acid groups (broad SMARTS) is 1. The lowest BCUT2D eigenvalue weighted by molar-refractivity contribution is -0.142. The molecule has 0 aliphatic heterocycles. The van der Waals surface area contributed by atoms with Crippen molar-refractivity contribution < 1.29 is 29.1 Å². The van der Waals surface area contributed by atoms with E-state index in [1.54, 1.807) is 36.4 Å². The predicted octanol–water partition coefficient (Wildman–Crippen LogP) is 1.86. The Hall–Kier alpha value is -4.04. The molecule has 0 heterocycles. The molecule has 2 aromatic rings. The van der Waals surface area contributed by atoms with Gasteiger partial charge in [0.05, 0.1) is 0 Å². The van der Waals surface area contributed by atoms with Crippen molar-refractivity contribution in [1.29, 1.82) is 0 Å². The number of unbranched alkanes of at least 4 members (excludes halogenated alkanes) is 2. The summed E-state index contributed by atoms with van der Waals surface area (Å²) in [6, 6.07) is 10.9. The molecule has 0 aliphatic carbocycles. The van der Waals surface area contributed by atoms with Crippen molar-refractivity contribution in [2.45, 2.75) is 83.1 Å². The van der Waals surface area contributed by atoms with Crippen molar-refractivity contribution in [3.05, 3.63) is 59.1 Å². The van der Waals surface area contributed by atoms with E-state index < -0.39 is 53.9 Å². The van der Waals surface area contributed by atoms with Crippen molar-refractivity contribution in [2.24, 2.45) is 23.1 Å². The molecule has 14 heteroatoms. The minimum Gasteiger partial charge on any atom is -0.480 e. The topological polar surface area (TPSA) is 232 Å². The zero-order chi connectivity index (χ0) is 34.9. The van der Waals surface area contributed by atoms with Gasteiger partial charge in [0, 0.05) is 10.6 Å². The van der Waals surface area contributed by atoms with Crippen LogP contribution in [0.4, 0.5) is 0 Å². The van der Waals surface area contributed by atoms with Crippen molar-refractivity contribution in [3.63, 3.8) is 0 Å². The minimum absolute atomic E-state index is 0.0173. The van der Waals surface area contributed by atoms with Gasteiger partial charge in [0.2, 0.25) is 11.8 Å². The average Bonchev–Trinajstić information content (AvgIpc) is 3.03. The van der Waals surface area contributed by atoms with Gasteiger partial charge in [-0.25, -0.2) is 4.79 Å². The zero-order valence-electron chi connectivity index (χ0n) is 27.0. The highest BCUT2D eigenvalue weighted by molar-refractivity contribution is 6.30. The van der Waals surface area contributed by atoms with Crippen LogP contribution >= 0.6 is 11.6 Å². The molecule has 0 spiro atoms. The van der Waals surface area contributed by atoms with Gasteiger partial charge in [-0.2, -0.15) is 0 Å². The van der Waals surface area contributed by atoms with E-state index >= 15 is 0 Å². The van der Waals surface area contributed by atoms with E-state index in [0.29, 0.717) is 49.4 Å². The molecule has 0 bridgehead atoms. The fourth-order valence-electron chi connectivity index (χ4n) is 4.77. The Bertz CT molecular complexity index is 1320. The molecule has 0 unspecified atom stereocenters. The summed E-state index contributed by atoms with van der Waals surface area (Å²) in [5.74, 6) is -3.93. The molecule has 0 saturated carbocycles. The van der Waals surface area contributed by atoms with E-state index in [2.05, 4.69) is 21.3 Å². The number of carbonyl (C=O) groups excluding carboxylic acids is 4. The highest BCUT2D eigenvalue weighted by Crippen LogP contribution is 2.22. The first-order valence-corrected chi connectivity index (χ1v) is 16.2. The number of carboxylic acids is 1. The number of halogens is 1. The van der Waals surface area contributed by atoms with Gasteiger partial charge in [-0.3, -0.25) is 19.2 Å². The standard InChI is InChI=1S/C33H48ClN7O6/c1-20(2)19-27(33(46)47)40-32(45)28(37)41-31(44)26(8-4-6-18-36)39-30(43)25(7-3-5-17-35)38-29(42)23-11-9-21(10-12-23)22-13-15-24(34)16-14-22/h9-16,20,25-28H,3-8,17-19,35-37H2,1-2H3,(H,38,42)(H,39,43)(H,40,45)(H,41,44)(H,46,47)/t25-,26-,27-,28+/m0/s1. The van der Waals surface area contributed by atoms with E-state index in [-0.39, 0.29) is 25.2 Å². The van der Waals surface area contributed by atoms with Gasteiger partial charge < -0.3 is 43.6 Å². The summed E-state index contributed by atoms with van der Waals surface area (Å²) in [4.78, 5) is 64.1. The van der Waals surface area contributed by atoms with Crippen LogP contribution in [-0.4, -0.2) is 72.1 Å². The molecule has 13 nitrogen and oxygen atoms in total. The second kappa shape index (κ2) is 20.3. The number of aliphatic carboxylic acids is 1. The third-order valence-corrected chi connectivity index (χ3v) is 7.63. The molecule has 2 rings (SSSR count). The first-order chi connectivity index (χ1) is 22.4. The van der Waals surface area contributed by atoms with Crippen molar-refractivity contribution in [3.8, 4) is 11.1 Å². The number of nitrogens with two attached hydrogens (primary N) is 3. The maximum absolute atomic E-state index is 13.5. The van der Waals surface area contributed by atoms with Gasteiger partial charge in [-0.15, -0.1) is 0 Å². The summed E-state index contributed by atoms with van der Waals surface area (Å²) in [7, 11) is 0. The number of hydrogen-bond acceptors (Lipinski definition) is 8. The molecular formula is C33H48ClN7O6. The van der Waals surface area contributed by atoms with E-state index in [0.717, 1.165) is 11.1 Å². The van der Waals surface area contributed by atoms with E-state index in [9.17, 15) is 29.1 Å². The third-order valence-electron chi connectivity index (χ3n) is 7.38. The molecular weight excluding hydrogens is 626 g/mol. The largest absolute Gasteiger partial charge is 0.480 e. The lowest BCUT2D eigenvalue weighted by atomic mass is 10.0. The number of hydrogen-bond donors (Lipinski definition) is 8. The summed E-state index contributed by atoms with van der Waals surface area (Å²) in [5.41, 5.74) is 19.3. The zero-order valence-corrected chi connectivity index (χ0v) is 27.7. The number of amides is 4. The smallest absolute Gasteiger partial charge is 0.326 e. The number of benzene rings is 2. The fraction of sp³-hybridized carbons (Fsp3) is 0.485. The molecule has 11 N–H and O–H groups in total. The number of rotatable bonds is 20. The van der Waals surface area contributed by atoms with Crippen LogP contribution in [0, 0.1) is 5.92 Å². The first kappa shape index (κ1) is 39.1. The Morgan fingerprint density at radius 1 is 0.681 bits per heavy atom. The van der Waals surface area contributed by atoms with E-state index in [1.165, 1.54) is 0 Å². The second-order valence-electron chi connectivity index (χ2n) is 11.8. The monoisotopic (exact) mass is 673 g/mol. The van der Waals surface area contributed by atoms with Gasteiger partial charge in [0.25, 0.3) is 11.8 Å². The molecule has 0 aliphatic rings. The fourth-order valence-corrected chi connectivity index (χ4v) is 4.89. The summed E-state index contributed by atoms with van der Waals surface area (Å²) in [6.07, 6.45) is 1.27. The van der Waals surface area contributed by atoms with Crippen LogP contribution in [0.3, 0.4) is 0 Å². The van der Waals surface area contributed by atoms with Crippen molar-refractivity contribution in [2.75, 3.05) is 13.1 Å². The highest BCUT2D eigenvalue weighted by Gasteiger charge is 2.30. The molecule has 47 heavy (non-hydrogen) atoms. The molecule has 0 fully saturated rings. The maximum atomic E-state index is 13.5. The predicted molar refractivity (Wildman–Crippen MR) is 181 cm³/mol. The summed E-state index contributed by atoms with van der Waals surface area (Å²) in [5, 5.41) is 20.2. The maximum Gasteiger partial charge on any atom is 0.326 e. The summed E-state index contributed by atoms with van der Waals surface area (Å²) >= 11 is 5.98. The van der Waals surface area contributed by atoms with E-state index in [1.807, 2.05) is 26.0 Å². The molecule has 4 amide bonds. The molecule has 0 aromatic heterocycles. The Balaban J connectivity index is 2.15. The van der Waals surface area contributed by atoms with Crippen LogP contribution in [0.5, 0.6) is 0 Å². The number of carbonyl (C=O) groups is 5. The quantitative estimate of drug-likeness (QED) is 0.0756. The van der Waals surface area contributed by atoms with Gasteiger partial charge in [0.1, 0.15) is 18.1 Å². The van der Waals surface area contributed by atoms with E-state index in [4.69, 9.17) is 28.8 Å². The van der Waals surface area contributed by atoms with Crippen LogP contribution in [0.25, 0.3) is 11.1 Å². The Morgan fingerprint density at radius 3 is 1.64 bits per heavy atom. The Labute approximate surface area is 280 Å². The SMILES string of the molecule is CC(C)C[C@H](NC(=O)[C@H](N)NC(=O)[C@H](CCCCN)NC(=O)[C@H](CCCCN)NC(=O)c1ccc(-c2ccc(Cl)cc2)cc1)C(=O)O. The molecule has 0 saturated heterocycles. The van der Waals surface area contributed by atoms with Crippen LogP contribution in [0.1, 0.15) is 69.2 Å². The Morgan fingerprint density at radius 2 is 1.15 bits per heavy atom. The highest BCUT2D eigenvalue weighted by atomic mass is 35.5. The average molecular weight is 674 g/mol. The minimum atomic E-state index is -1.57. The third kappa shape index (κ3) is 13.7. The summed E-state index contributed by atoms with van der Waals surface area (Å²) < 4.78 is 0. The van der Waals surface area contributed by atoms with Gasteiger partial charge in [-0.05, 0) is 99.3 Å². The first-order valence-electron chi connectivity index (χ1n) is 15.8. The van der Waals surface area contributed by atoms with Crippen molar-refractivity contribution in [1.82, 2.24) is 21.3 Å². The summed E-state index contributed by atoms with van der Waals surface area (Å²) in [6.45, 7) is 4.38. The normalized spacial score (nSPS) is 13.6. The number of nitrogens with one attached hydrogen (secondary N) is 4. The second-order valence-corrected chi connectivity index (χ2v) is 12.2. The van der Waals surface area contributed by atoms with Crippen LogP contribution in [0.15, 0.2) is 48.5 Å². The molecule has 0 radical (unpaired) electrons. The van der Waals surface area contributed by atoms with Gasteiger partial charge in [-0.1, -0.05) is 49.7 Å². The van der Waals surface area contributed by atoms with Gasteiger partial charge >= 0.3 is 5.97 Å². The molecule has 4 atom stereocenters. The van der Waals surface area contributed by atoms with Crippen LogP contribution in [0.2, 0.25) is 5.02 Å². The van der Waals surface area contributed by atoms with Crippen LogP contribution in [-0.2, 0) is 19.2 Å².